The van der Waals surface area contributed by atoms with E-state index in [0.29, 0.717) is 0 Å². The normalized spacial score (nSPS) is 11.2. The predicted molar refractivity (Wildman–Crippen MR) is 68.4 cm³/mol. The molecule has 5 N–H and O–H groups in total. The number of carbonyl (C=O) groups is 3. The van der Waals surface area contributed by atoms with Gasteiger partial charge in [-0.2, -0.15) is 0 Å². The summed E-state index contributed by atoms with van der Waals surface area (Å²) < 4.78 is 8.72. The molecule has 1 aromatic heterocycles. The minimum atomic E-state index is -1.31. The average molecular weight is 318 g/mol. The number of alkyl carbamates (subject to hydrolysis) is 1. The third kappa shape index (κ3) is 5.32. The summed E-state index contributed by atoms with van der Waals surface area (Å²) in [4.78, 5) is 42.5. The number of primary amides is 2. The third-order valence-corrected chi connectivity index (χ3v) is 3.12. The van der Waals surface area contributed by atoms with Crippen LogP contribution in [-0.2, 0) is 9.47 Å². The van der Waals surface area contributed by atoms with Crippen LogP contribution in [0.15, 0.2) is 12.1 Å². The van der Waals surface area contributed by atoms with Crippen molar-refractivity contribution in [1.82, 2.24) is 5.32 Å². The van der Waals surface area contributed by atoms with Crippen LogP contribution >= 0.6 is 11.3 Å². The van der Waals surface area contributed by atoms with Gasteiger partial charge in [-0.15, -0.1) is 0 Å². The third-order valence-electron chi connectivity index (χ3n) is 1.99. The molecule has 0 aliphatic carbocycles. The smallest absolute Gasteiger partial charge is 0.416 e. The first-order valence-corrected chi connectivity index (χ1v) is 6.06. The Hall–Kier alpha value is -2.89. The first-order chi connectivity index (χ1) is 9.79. The Morgan fingerprint density at radius 3 is 2.48 bits per heavy atom. The zero-order valence-electron chi connectivity index (χ0n) is 10.3. The van der Waals surface area contributed by atoms with Crippen LogP contribution in [-0.4, -0.2) is 29.7 Å². The van der Waals surface area contributed by atoms with E-state index in [9.17, 15) is 24.5 Å². The van der Waals surface area contributed by atoms with Crippen molar-refractivity contribution in [2.24, 2.45) is 11.5 Å². The molecular weight excluding hydrogens is 308 g/mol. The molecule has 0 bridgehead atoms. The number of carbonyl (C=O) groups excluding carboxylic acids is 3. The molecule has 0 radical (unpaired) electrons. The Bertz CT molecular complexity index is 572. The molecule has 0 aliphatic rings. The van der Waals surface area contributed by atoms with E-state index in [1.54, 1.807) is 0 Å². The summed E-state index contributed by atoms with van der Waals surface area (Å²) in [6, 6.07) is 2.55. The summed E-state index contributed by atoms with van der Waals surface area (Å²) >= 11 is 0.741. The largest absolute Gasteiger partial charge is 0.439 e. The highest BCUT2D eigenvalue weighted by atomic mass is 32.1. The van der Waals surface area contributed by atoms with Gasteiger partial charge < -0.3 is 26.3 Å². The van der Waals surface area contributed by atoms with Crippen LogP contribution in [0.2, 0.25) is 0 Å². The Morgan fingerprint density at radius 1 is 1.33 bits per heavy atom. The van der Waals surface area contributed by atoms with Gasteiger partial charge in [-0.05, 0) is 6.07 Å². The van der Waals surface area contributed by atoms with Gasteiger partial charge >= 0.3 is 23.3 Å². The lowest BCUT2D eigenvalue weighted by molar-refractivity contribution is -0.380. The van der Waals surface area contributed by atoms with Crippen molar-refractivity contribution in [2.45, 2.75) is 6.10 Å². The first kappa shape index (κ1) is 16.2. The van der Waals surface area contributed by atoms with Crippen LogP contribution in [0, 0.1) is 10.1 Å². The minimum Gasteiger partial charge on any atom is -0.439 e. The zero-order chi connectivity index (χ0) is 16.0. The standard InChI is InChI=1S/C9H10N4O7S/c10-7(14)19-4(3-12-9(16)20-8(11)15)5-1-2-6(21-5)13(17)18/h1-2,4H,3H2,(H2,10,14)(H2,11,15)(H,12,16). The van der Waals surface area contributed by atoms with E-state index in [4.69, 9.17) is 10.5 Å². The monoisotopic (exact) mass is 318 g/mol. The first-order valence-electron chi connectivity index (χ1n) is 5.25. The summed E-state index contributed by atoms with van der Waals surface area (Å²) in [7, 11) is 0. The molecule has 0 saturated carbocycles. The van der Waals surface area contributed by atoms with Gasteiger partial charge in [-0.25, -0.2) is 14.4 Å². The number of nitrogens with one attached hydrogen (secondary N) is 1. The summed E-state index contributed by atoms with van der Waals surface area (Å²) in [6.07, 6.45) is -4.68. The molecule has 3 amide bonds. The fraction of sp³-hybridized carbons (Fsp3) is 0.222. The highest BCUT2D eigenvalue weighted by Gasteiger charge is 2.22. The number of hydrogen-bond acceptors (Lipinski definition) is 8. The van der Waals surface area contributed by atoms with Crippen LogP contribution in [0.5, 0.6) is 0 Å². The van der Waals surface area contributed by atoms with Crippen molar-refractivity contribution in [3.63, 3.8) is 0 Å². The molecule has 0 aliphatic heterocycles. The molecule has 114 valence electrons. The van der Waals surface area contributed by atoms with Gasteiger partial charge in [0.05, 0.1) is 16.3 Å². The van der Waals surface area contributed by atoms with Gasteiger partial charge in [0, 0.05) is 6.07 Å². The second-order valence-electron chi connectivity index (χ2n) is 3.45. The second-order valence-corrected chi connectivity index (χ2v) is 4.54. The second kappa shape index (κ2) is 7.04. The number of amides is 3. The molecule has 21 heavy (non-hydrogen) atoms. The van der Waals surface area contributed by atoms with Crippen LogP contribution in [0.3, 0.4) is 0 Å². The van der Waals surface area contributed by atoms with Gasteiger partial charge in [-0.1, -0.05) is 11.3 Å². The van der Waals surface area contributed by atoms with E-state index in [0.717, 1.165) is 11.3 Å². The molecule has 0 fully saturated rings. The van der Waals surface area contributed by atoms with E-state index in [-0.39, 0.29) is 16.4 Å². The molecule has 12 heteroatoms. The minimum absolute atomic E-state index is 0.178. The van der Waals surface area contributed by atoms with Gasteiger partial charge in [0.1, 0.15) is 0 Å². The molecular formula is C9H10N4O7S. The van der Waals surface area contributed by atoms with Gasteiger partial charge in [0.15, 0.2) is 6.10 Å². The van der Waals surface area contributed by atoms with E-state index in [1.165, 1.54) is 12.1 Å². The highest BCUT2D eigenvalue weighted by Crippen LogP contribution is 2.30. The Morgan fingerprint density at radius 2 is 2.00 bits per heavy atom. The van der Waals surface area contributed by atoms with Gasteiger partial charge in [0.25, 0.3) is 0 Å². The number of rotatable bonds is 5. The summed E-state index contributed by atoms with van der Waals surface area (Å²) in [5, 5.41) is 12.5. The molecule has 1 rings (SSSR count). The summed E-state index contributed by atoms with van der Waals surface area (Å²) in [6.45, 7) is -0.313. The Balaban J connectivity index is 2.75. The Kier molecular flexibility index (Phi) is 5.42. The molecule has 1 aromatic rings. The molecule has 1 heterocycles. The lowest BCUT2D eigenvalue weighted by atomic mass is 10.3. The number of nitrogens with two attached hydrogens (primary N) is 2. The number of hydrogen-bond donors (Lipinski definition) is 3. The molecule has 0 spiro atoms. The number of nitro groups is 1. The van der Waals surface area contributed by atoms with E-state index < -0.39 is 29.3 Å². The molecule has 0 aromatic carbocycles. The molecule has 11 nitrogen and oxygen atoms in total. The lowest BCUT2D eigenvalue weighted by Crippen LogP contribution is -2.34. The van der Waals surface area contributed by atoms with Crippen molar-refractivity contribution in [1.29, 1.82) is 0 Å². The van der Waals surface area contributed by atoms with E-state index in [2.05, 4.69) is 15.8 Å². The highest BCUT2D eigenvalue weighted by molar-refractivity contribution is 7.15. The fourth-order valence-electron chi connectivity index (χ4n) is 1.26. The Labute approximate surface area is 120 Å². The lowest BCUT2D eigenvalue weighted by Gasteiger charge is -2.15. The molecule has 1 atom stereocenters. The van der Waals surface area contributed by atoms with Crippen molar-refractivity contribution in [3.05, 3.63) is 27.1 Å². The van der Waals surface area contributed by atoms with Crippen molar-refractivity contribution >= 4 is 34.6 Å². The van der Waals surface area contributed by atoms with Crippen molar-refractivity contribution < 1.29 is 28.8 Å². The number of ether oxygens (including phenoxy) is 2. The van der Waals surface area contributed by atoms with E-state index >= 15 is 0 Å². The number of thiophene rings is 1. The SMILES string of the molecule is NC(=O)OC(=O)NCC(OC(N)=O)c1ccc([N+](=O)[O-])s1. The van der Waals surface area contributed by atoms with Gasteiger partial charge in [0.2, 0.25) is 0 Å². The predicted octanol–water partition coefficient (Wildman–Crippen LogP) is 0.598. The van der Waals surface area contributed by atoms with Crippen molar-refractivity contribution in [3.8, 4) is 0 Å². The molecule has 1 unspecified atom stereocenters. The maximum Gasteiger partial charge on any atom is 0.416 e. The molecule has 0 saturated heterocycles. The van der Waals surface area contributed by atoms with Crippen LogP contribution < -0.4 is 16.8 Å². The topological polar surface area (TPSA) is 177 Å². The maximum atomic E-state index is 11.1. The fourth-order valence-corrected chi connectivity index (χ4v) is 2.11. The van der Waals surface area contributed by atoms with Crippen LogP contribution in [0.1, 0.15) is 11.0 Å². The average Bonchev–Trinajstić information content (AvgIpc) is 2.82. The van der Waals surface area contributed by atoms with Gasteiger partial charge in [-0.3, -0.25) is 10.1 Å². The summed E-state index contributed by atoms with van der Waals surface area (Å²) in [5.74, 6) is 0. The van der Waals surface area contributed by atoms with Crippen LogP contribution in [0.25, 0.3) is 0 Å². The maximum absolute atomic E-state index is 11.1. The zero-order valence-corrected chi connectivity index (χ0v) is 11.1. The van der Waals surface area contributed by atoms with Crippen molar-refractivity contribution in [2.75, 3.05) is 6.54 Å². The summed E-state index contributed by atoms with van der Waals surface area (Å²) in [5.41, 5.74) is 9.50. The number of nitrogens with zero attached hydrogens (tertiary/aromatic N) is 1. The quantitative estimate of drug-likeness (QED) is 0.404. The van der Waals surface area contributed by atoms with E-state index in [1.807, 2.05) is 0 Å². The van der Waals surface area contributed by atoms with Crippen LogP contribution in [0.4, 0.5) is 19.4 Å².